The van der Waals surface area contributed by atoms with Gasteiger partial charge in [0.15, 0.2) is 0 Å². The topological polar surface area (TPSA) is 131 Å². The van der Waals surface area contributed by atoms with Crippen molar-refractivity contribution >= 4 is 50.2 Å². The molecule has 0 aliphatic carbocycles. The number of nitrogens with one attached hydrogen (secondary N) is 3. The van der Waals surface area contributed by atoms with Crippen LogP contribution in [-0.4, -0.2) is 39.8 Å². The second-order valence-electron chi connectivity index (χ2n) is 5.59. The number of methoxy groups -OCH3 is 1. The van der Waals surface area contributed by atoms with E-state index in [9.17, 15) is 9.59 Å². The molecule has 0 saturated heterocycles. The fraction of sp³-hybridized carbons (Fsp3) is 0.176. The SMILES string of the molecule is CCOC(=O)Oc1cc2c(Nc3cc4sc(=O)[nH]c4cc3OC)ncnc2[nH]1. The first-order valence-corrected chi connectivity index (χ1v) is 9.05. The van der Waals surface area contributed by atoms with Crippen LogP contribution in [0.15, 0.2) is 29.3 Å². The summed E-state index contributed by atoms with van der Waals surface area (Å²) < 4.78 is 16.0. The third kappa shape index (κ3) is 3.34. The number of benzene rings is 1. The first-order chi connectivity index (χ1) is 13.6. The zero-order valence-corrected chi connectivity index (χ0v) is 15.7. The summed E-state index contributed by atoms with van der Waals surface area (Å²) in [6, 6.07) is 5.13. The van der Waals surface area contributed by atoms with Gasteiger partial charge in [-0.25, -0.2) is 14.8 Å². The zero-order valence-electron chi connectivity index (χ0n) is 14.9. The molecular formula is C17H15N5O5S. The fourth-order valence-corrected chi connectivity index (χ4v) is 3.44. The molecule has 0 atom stereocenters. The number of thiazole rings is 1. The van der Waals surface area contributed by atoms with Gasteiger partial charge in [-0.1, -0.05) is 11.3 Å². The van der Waals surface area contributed by atoms with Gasteiger partial charge < -0.3 is 29.5 Å². The molecule has 3 heterocycles. The van der Waals surface area contributed by atoms with Gasteiger partial charge in [-0.15, -0.1) is 0 Å². The van der Waals surface area contributed by atoms with Gasteiger partial charge in [0, 0.05) is 12.1 Å². The van der Waals surface area contributed by atoms with Gasteiger partial charge in [-0.2, -0.15) is 0 Å². The van der Waals surface area contributed by atoms with Crippen molar-refractivity contribution in [2.45, 2.75) is 6.92 Å². The Morgan fingerprint density at radius 3 is 2.89 bits per heavy atom. The Labute approximate surface area is 161 Å². The molecule has 28 heavy (non-hydrogen) atoms. The molecule has 4 rings (SSSR count). The second-order valence-corrected chi connectivity index (χ2v) is 6.61. The third-order valence-corrected chi connectivity index (χ3v) is 4.70. The van der Waals surface area contributed by atoms with Crippen LogP contribution in [0.3, 0.4) is 0 Å². The average Bonchev–Trinajstić information content (AvgIpc) is 3.23. The number of carbonyl (C=O) groups is 1. The summed E-state index contributed by atoms with van der Waals surface area (Å²) in [6.07, 6.45) is 0.556. The van der Waals surface area contributed by atoms with Gasteiger partial charge in [0.1, 0.15) is 23.5 Å². The molecule has 11 heteroatoms. The van der Waals surface area contributed by atoms with Crippen molar-refractivity contribution < 1.29 is 19.0 Å². The summed E-state index contributed by atoms with van der Waals surface area (Å²) in [5.41, 5.74) is 1.79. The normalized spacial score (nSPS) is 10.9. The van der Waals surface area contributed by atoms with Crippen molar-refractivity contribution in [2.24, 2.45) is 0 Å². The maximum atomic E-state index is 11.6. The lowest BCUT2D eigenvalue weighted by Gasteiger charge is -2.11. The van der Waals surface area contributed by atoms with Crippen molar-refractivity contribution in [3.05, 3.63) is 34.2 Å². The summed E-state index contributed by atoms with van der Waals surface area (Å²) in [5.74, 6) is 1.19. The molecular weight excluding hydrogens is 386 g/mol. The zero-order chi connectivity index (χ0) is 19.7. The number of H-pyrrole nitrogens is 2. The predicted octanol–water partition coefficient (Wildman–Crippen LogP) is 3.15. The number of anilines is 2. The Morgan fingerprint density at radius 2 is 2.11 bits per heavy atom. The maximum absolute atomic E-state index is 11.6. The molecule has 0 aliphatic rings. The van der Waals surface area contributed by atoms with Crippen LogP contribution in [0.25, 0.3) is 21.3 Å². The molecule has 0 saturated carbocycles. The van der Waals surface area contributed by atoms with E-state index >= 15 is 0 Å². The van der Waals surface area contributed by atoms with E-state index in [2.05, 4.69) is 25.3 Å². The first kappa shape index (κ1) is 17.8. The lowest BCUT2D eigenvalue weighted by atomic mass is 10.2. The molecule has 3 N–H and O–H groups in total. The minimum absolute atomic E-state index is 0.148. The van der Waals surface area contributed by atoms with E-state index in [-0.39, 0.29) is 17.4 Å². The van der Waals surface area contributed by atoms with Crippen LogP contribution >= 0.6 is 11.3 Å². The van der Waals surface area contributed by atoms with Gasteiger partial charge in [-0.3, -0.25) is 4.79 Å². The standard InChI is InChI=1S/C17H15N5O5S/c1-3-26-17(24)27-13-4-8-14(18-7-19-15(8)22-13)20-9-6-12-10(5-11(9)25-2)21-16(23)28-12/h4-7H,3H2,1-2H3,(H,21,23)(H2,18,19,20,22). The minimum Gasteiger partial charge on any atom is -0.494 e. The van der Waals surface area contributed by atoms with Crippen molar-refractivity contribution in [2.75, 3.05) is 19.0 Å². The summed E-state index contributed by atoms with van der Waals surface area (Å²) in [5, 5.41) is 3.79. The van der Waals surface area contributed by atoms with Crippen LogP contribution < -0.4 is 19.7 Å². The van der Waals surface area contributed by atoms with Crippen LogP contribution in [0, 0.1) is 0 Å². The molecule has 4 aromatic rings. The summed E-state index contributed by atoms with van der Waals surface area (Å²) in [6.45, 7) is 1.89. The number of rotatable bonds is 5. The molecule has 10 nitrogen and oxygen atoms in total. The van der Waals surface area contributed by atoms with Gasteiger partial charge in [0.2, 0.25) is 5.88 Å². The van der Waals surface area contributed by atoms with Gasteiger partial charge in [-0.05, 0) is 13.0 Å². The van der Waals surface area contributed by atoms with E-state index in [1.807, 2.05) is 0 Å². The number of fused-ring (bicyclic) bond motifs is 2. The van der Waals surface area contributed by atoms with Crippen LogP contribution in [0.1, 0.15) is 6.92 Å². The number of aromatic amines is 2. The van der Waals surface area contributed by atoms with E-state index in [0.717, 1.165) is 16.0 Å². The van der Waals surface area contributed by atoms with E-state index in [1.165, 1.54) is 13.4 Å². The quantitative estimate of drug-likeness (QED) is 0.435. The summed E-state index contributed by atoms with van der Waals surface area (Å²) >= 11 is 1.10. The van der Waals surface area contributed by atoms with E-state index < -0.39 is 6.16 Å². The Balaban J connectivity index is 1.71. The van der Waals surface area contributed by atoms with E-state index in [0.29, 0.717) is 33.8 Å². The van der Waals surface area contributed by atoms with Crippen LogP contribution in [0.2, 0.25) is 0 Å². The Kier molecular flexibility index (Phi) is 4.57. The van der Waals surface area contributed by atoms with Crippen molar-refractivity contribution in [1.29, 1.82) is 0 Å². The van der Waals surface area contributed by atoms with Crippen LogP contribution in [0.5, 0.6) is 11.6 Å². The Morgan fingerprint density at radius 1 is 1.25 bits per heavy atom. The molecule has 0 amide bonds. The molecule has 1 aromatic carbocycles. The number of carbonyl (C=O) groups excluding carboxylic acids is 1. The molecule has 0 fully saturated rings. The molecule has 0 bridgehead atoms. The van der Waals surface area contributed by atoms with Crippen molar-refractivity contribution in [3.8, 4) is 11.6 Å². The first-order valence-electron chi connectivity index (χ1n) is 8.23. The molecule has 0 spiro atoms. The highest BCUT2D eigenvalue weighted by molar-refractivity contribution is 7.16. The molecule has 0 aliphatic heterocycles. The number of ether oxygens (including phenoxy) is 3. The lowest BCUT2D eigenvalue weighted by Crippen LogP contribution is -2.10. The summed E-state index contributed by atoms with van der Waals surface area (Å²) in [4.78, 5) is 37.0. The number of nitrogens with zero attached hydrogens (tertiary/aromatic N) is 2. The monoisotopic (exact) mass is 401 g/mol. The predicted molar refractivity (Wildman–Crippen MR) is 104 cm³/mol. The number of hydrogen-bond donors (Lipinski definition) is 3. The highest BCUT2D eigenvalue weighted by atomic mass is 32.1. The maximum Gasteiger partial charge on any atom is 0.515 e. The number of aromatic nitrogens is 4. The van der Waals surface area contributed by atoms with Gasteiger partial charge in [0.25, 0.3) is 0 Å². The highest BCUT2D eigenvalue weighted by Crippen LogP contribution is 2.34. The molecule has 144 valence electrons. The molecule has 0 unspecified atom stereocenters. The van der Waals surface area contributed by atoms with Crippen LogP contribution in [0.4, 0.5) is 16.3 Å². The highest BCUT2D eigenvalue weighted by Gasteiger charge is 2.15. The fourth-order valence-electron chi connectivity index (χ4n) is 2.68. The Bertz CT molecular complexity index is 1230. The van der Waals surface area contributed by atoms with Gasteiger partial charge >= 0.3 is 11.0 Å². The van der Waals surface area contributed by atoms with E-state index in [1.54, 1.807) is 25.1 Å². The second kappa shape index (κ2) is 7.19. The van der Waals surface area contributed by atoms with Crippen molar-refractivity contribution in [3.63, 3.8) is 0 Å². The summed E-state index contributed by atoms with van der Waals surface area (Å²) in [7, 11) is 1.54. The average molecular weight is 401 g/mol. The molecule has 0 radical (unpaired) electrons. The smallest absolute Gasteiger partial charge is 0.494 e. The van der Waals surface area contributed by atoms with Gasteiger partial charge in [0.05, 0.1) is 35.0 Å². The third-order valence-electron chi connectivity index (χ3n) is 3.85. The van der Waals surface area contributed by atoms with Crippen molar-refractivity contribution in [1.82, 2.24) is 19.9 Å². The number of hydrogen-bond acceptors (Lipinski definition) is 9. The minimum atomic E-state index is -0.814. The van der Waals surface area contributed by atoms with Crippen LogP contribution in [-0.2, 0) is 4.74 Å². The van der Waals surface area contributed by atoms with E-state index in [4.69, 9.17) is 14.2 Å². The Hall–Kier alpha value is -3.60. The largest absolute Gasteiger partial charge is 0.515 e. The molecule has 3 aromatic heterocycles. The lowest BCUT2D eigenvalue weighted by molar-refractivity contribution is 0.103.